The first-order chi connectivity index (χ1) is 7.97. The van der Waals surface area contributed by atoms with Gasteiger partial charge in [-0.2, -0.15) is 18.4 Å². The van der Waals surface area contributed by atoms with E-state index in [4.69, 9.17) is 14.7 Å². The monoisotopic (exact) mass is 245 g/mol. The summed E-state index contributed by atoms with van der Waals surface area (Å²) in [5.74, 6) is -1.29. The van der Waals surface area contributed by atoms with Crippen LogP contribution in [0.4, 0.5) is 13.2 Å². The summed E-state index contributed by atoms with van der Waals surface area (Å²) in [6.45, 7) is -0.716. The Morgan fingerprint density at radius 1 is 1.24 bits per heavy atom. The van der Waals surface area contributed by atoms with E-state index < -0.39 is 18.7 Å². The van der Waals surface area contributed by atoms with Gasteiger partial charge in [-0.15, -0.1) is 0 Å². The summed E-state index contributed by atoms with van der Waals surface area (Å²) in [5.41, 5.74) is 0. The fourth-order valence-electron chi connectivity index (χ4n) is 1.06. The van der Waals surface area contributed by atoms with Crippen molar-refractivity contribution in [1.82, 2.24) is 0 Å². The van der Waals surface area contributed by atoms with Crippen molar-refractivity contribution in [3.63, 3.8) is 0 Å². The quantitative estimate of drug-likeness (QED) is 0.819. The zero-order valence-electron chi connectivity index (χ0n) is 8.99. The molecule has 0 amide bonds. The standard InChI is InChI=1S/C11H10F3NO2/c1-16-9-2-4-10(5-3-9)17-7-8(6-15)11(12,13)14/h2-5,8H,7H2,1H3. The number of benzene rings is 1. The van der Waals surface area contributed by atoms with Gasteiger partial charge in [-0.05, 0) is 24.3 Å². The highest BCUT2D eigenvalue weighted by atomic mass is 19.4. The fourth-order valence-corrected chi connectivity index (χ4v) is 1.06. The summed E-state index contributed by atoms with van der Waals surface area (Å²) in [6, 6.07) is 7.23. The van der Waals surface area contributed by atoms with Crippen LogP contribution in [0.1, 0.15) is 0 Å². The van der Waals surface area contributed by atoms with Crippen molar-refractivity contribution in [3.05, 3.63) is 24.3 Å². The lowest BCUT2D eigenvalue weighted by atomic mass is 10.2. The van der Waals surface area contributed by atoms with Crippen LogP contribution < -0.4 is 9.47 Å². The Morgan fingerprint density at radius 3 is 2.18 bits per heavy atom. The average Bonchev–Trinajstić information content (AvgIpc) is 2.29. The maximum atomic E-state index is 12.2. The first-order valence-electron chi connectivity index (χ1n) is 4.70. The second-order valence-electron chi connectivity index (χ2n) is 3.21. The lowest BCUT2D eigenvalue weighted by molar-refractivity contribution is -0.165. The highest BCUT2D eigenvalue weighted by Crippen LogP contribution is 2.26. The largest absolute Gasteiger partial charge is 0.497 e. The number of halogens is 3. The Labute approximate surface area is 96.4 Å². The molecular weight excluding hydrogens is 235 g/mol. The van der Waals surface area contributed by atoms with Gasteiger partial charge in [0.1, 0.15) is 18.1 Å². The van der Waals surface area contributed by atoms with Gasteiger partial charge < -0.3 is 9.47 Å². The van der Waals surface area contributed by atoms with E-state index in [-0.39, 0.29) is 5.75 Å². The van der Waals surface area contributed by atoms with Gasteiger partial charge in [0, 0.05) is 0 Å². The Balaban J connectivity index is 2.58. The molecule has 0 heterocycles. The second-order valence-corrected chi connectivity index (χ2v) is 3.21. The van der Waals surface area contributed by atoms with E-state index in [1.165, 1.54) is 19.2 Å². The minimum atomic E-state index is -4.57. The van der Waals surface area contributed by atoms with Crippen LogP contribution in [0.25, 0.3) is 0 Å². The molecule has 0 saturated carbocycles. The zero-order chi connectivity index (χ0) is 12.9. The third-order valence-electron chi connectivity index (χ3n) is 2.03. The molecule has 0 aliphatic heterocycles. The molecule has 1 atom stereocenters. The number of hydrogen-bond acceptors (Lipinski definition) is 3. The van der Waals surface area contributed by atoms with E-state index in [2.05, 4.69) is 0 Å². The number of hydrogen-bond donors (Lipinski definition) is 0. The van der Waals surface area contributed by atoms with Crippen LogP contribution in [0.2, 0.25) is 0 Å². The summed E-state index contributed by atoms with van der Waals surface area (Å²) in [7, 11) is 1.48. The van der Waals surface area contributed by atoms with Gasteiger partial charge in [0.2, 0.25) is 0 Å². The van der Waals surface area contributed by atoms with Crippen LogP contribution in [0.3, 0.4) is 0 Å². The van der Waals surface area contributed by atoms with Gasteiger partial charge in [-0.3, -0.25) is 0 Å². The van der Waals surface area contributed by atoms with Gasteiger partial charge in [0.15, 0.2) is 5.92 Å². The number of methoxy groups -OCH3 is 1. The molecule has 0 radical (unpaired) electrons. The Morgan fingerprint density at radius 2 is 1.76 bits per heavy atom. The van der Waals surface area contributed by atoms with Crippen molar-refractivity contribution in [3.8, 4) is 17.6 Å². The van der Waals surface area contributed by atoms with E-state index in [1.54, 1.807) is 12.1 Å². The van der Waals surface area contributed by atoms with E-state index >= 15 is 0 Å². The Bertz CT molecular complexity index is 395. The summed E-state index contributed by atoms with van der Waals surface area (Å²) in [5, 5.41) is 8.35. The van der Waals surface area contributed by atoms with E-state index in [9.17, 15) is 13.2 Å². The molecule has 0 bridgehead atoms. The second kappa shape index (κ2) is 5.43. The molecule has 0 saturated heterocycles. The van der Waals surface area contributed by atoms with Crippen molar-refractivity contribution in [2.45, 2.75) is 6.18 Å². The molecule has 6 heteroatoms. The first kappa shape index (κ1) is 13.2. The van der Waals surface area contributed by atoms with Crippen LogP contribution >= 0.6 is 0 Å². The lowest BCUT2D eigenvalue weighted by Crippen LogP contribution is -2.27. The molecule has 0 fully saturated rings. The smallest absolute Gasteiger partial charge is 0.407 e. The van der Waals surface area contributed by atoms with Crippen LogP contribution in [0.15, 0.2) is 24.3 Å². The summed E-state index contributed by atoms with van der Waals surface area (Å²) >= 11 is 0. The van der Waals surface area contributed by atoms with Gasteiger partial charge >= 0.3 is 6.18 Å². The average molecular weight is 245 g/mol. The van der Waals surface area contributed by atoms with Crippen molar-refractivity contribution < 1.29 is 22.6 Å². The van der Waals surface area contributed by atoms with Gasteiger partial charge in [0.25, 0.3) is 0 Å². The van der Waals surface area contributed by atoms with Gasteiger partial charge in [-0.25, -0.2) is 0 Å². The van der Waals surface area contributed by atoms with Gasteiger partial charge in [-0.1, -0.05) is 0 Å². The minimum absolute atomic E-state index is 0.260. The number of rotatable bonds is 4. The maximum absolute atomic E-state index is 12.2. The van der Waals surface area contributed by atoms with Crippen LogP contribution in [-0.2, 0) is 0 Å². The molecule has 0 aliphatic rings. The summed E-state index contributed by atoms with van der Waals surface area (Å²) < 4.78 is 46.4. The highest BCUT2D eigenvalue weighted by molar-refractivity contribution is 5.31. The van der Waals surface area contributed by atoms with E-state index in [1.807, 2.05) is 0 Å². The van der Waals surface area contributed by atoms with Crippen LogP contribution in [0, 0.1) is 17.2 Å². The topological polar surface area (TPSA) is 42.2 Å². The normalized spacial score (nSPS) is 12.6. The zero-order valence-corrected chi connectivity index (χ0v) is 8.99. The summed E-state index contributed by atoms with van der Waals surface area (Å²) in [6.07, 6.45) is -4.57. The molecule has 1 rings (SSSR count). The number of nitrogens with zero attached hydrogens (tertiary/aromatic N) is 1. The molecule has 1 aromatic carbocycles. The summed E-state index contributed by atoms with van der Waals surface area (Å²) in [4.78, 5) is 0. The van der Waals surface area contributed by atoms with Crippen molar-refractivity contribution >= 4 is 0 Å². The molecule has 0 aromatic heterocycles. The highest BCUT2D eigenvalue weighted by Gasteiger charge is 2.40. The number of nitriles is 1. The number of ether oxygens (including phenoxy) is 2. The van der Waals surface area contributed by atoms with Crippen molar-refractivity contribution in [2.75, 3.05) is 13.7 Å². The van der Waals surface area contributed by atoms with Gasteiger partial charge in [0.05, 0.1) is 13.2 Å². The predicted molar refractivity (Wildman–Crippen MR) is 53.6 cm³/mol. The predicted octanol–water partition coefficient (Wildman–Crippen LogP) is 2.78. The molecule has 17 heavy (non-hydrogen) atoms. The first-order valence-corrected chi connectivity index (χ1v) is 4.70. The molecule has 0 N–H and O–H groups in total. The molecule has 0 spiro atoms. The molecule has 1 aromatic rings. The molecular formula is C11H10F3NO2. The molecule has 0 aliphatic carbocycles. The van der Waals surface area contributed by atoms with Crippen molar-refractivity contribution in [2.24, 2.45) is 5.92 Å². The fraction of sp³-hybridized carbons (Fsp3) is 0.364. The number of alkyl halides is 3. The SMILES string of the molecule is COc1ccc(OCC(C#N)C(F)(F)F)cc1. The maximum Gasteiger partial charge on any atom is 0.407 e. The third-order valence-corrected chi connectivity index (χ3v) is 2.03. The minimum Gasteiger partial charge on any atom is -0.497 e. The van der Waals surface area contributed by atoms with E-state index in [0.29, 0.717) is 5.75 Å². The van der Waals surface area contributed by atoms with E-state index in [0.717, 1.165) is 6.07 Å². The Kier molecular flexibility index (Phi) is 4.21. The van der Waals surface area contributed by atoms with Crippen LogP contribution in [-0.4, -0.2) is 19.9 Å². The Hall–Kier alpha value is -1.90. The lowest BCUT2D eigenvalue weighted by Gasteiger charge is -2.14. The van der Waals surface area contributed by atoms with Crippen molar-refractivity contribution in [1.29, 1.82) is 5.26 Å². The third kappa shape index (κ3) is 3.87. The molecule has 92 valence electrons. The molecule has 1 unspecified atom stereocenters. The van der Waals surface area contributed by atoms with Crippen LogP contribution in [0.5, 0.6) is 11.5 Å². The molecule has 3 nitrogen and oxygen atoms in total.